The molecule has 1 fully saturated rings. The molecule has 1 saturated carbocycles. The van der Waals surface area contributed by atoms with Crippen LogP contribution in [0.3, 0.4) is 0 Å². The summed E-state index contributed by atoms with van der Waals surface area (Å²) < 4.78 is 0. The van der Waals surface area contributed by atoms with Crippen molar-refractivity contribution in [1.29, 1.82) is 0 Å². The Kier molecular flexibility index (Phi) is 4.17. The summed E-state index contributed by atoms with van der Waals surface area (Å²) in [6.07, 6.45) is 6.92. The van der Waals surface area contributed by atoms with E-state index in [0.717, 1.165) is 17.5 Å². The number of hydrogen-bond acceptors (Lipinski definition) is 2. The van der Waals surface area contributed by atoms with Crippen molar-refractivity contribution in [3.8, 4) is 0 Å². The molecule has 1 N–H and O–H groups in total. The van der Waals surface area contributed by atoms with Gasteiger partial charge in [-0.1, -0.05) is 30.9 Å². The maximum atomic E-state index is 6.12. The Morgan fingerprint density at radius 1 is 1.28 bits per heavy atom. The Hall–Kier alpha value is -0.180. The van der Waals surface area contributed by atoms with Gasteiger partial charge in [-0.25, -0.2) is 0 Å². The van der Waals surface area contributed by atoms with Crippen LogP contribution in [0.25, 0.3) is 0 Å². The first-order valence-electron chi connectivity index (χ1n) is 6.98. The van der Waals surface area contributed by atoms with E-state index in [-0.39, 0.29) is 0 Å². The van der Waals surface area contributed by atoms with Crippen molar-refractivity contribution in [1.82, 2.24) is 5.32 Å². The molecule has 1 aliphatic heterocycles. The average Bonchev–Trinajstić information content (AvgIpc) is 2.32. The van der Waals surface area contributed by atoms with Crippen molar-refractivity contribution in [3.63, 3.8) is 0 Å². The fourth-order valence-electron chi connectivity index (χ4n) is 2.82. The van der Waals surface area contributed by atoms with E-state index in [1.165, 1.54) is 48.3 Å². The zero-order chi connectivity index (χ0) is 12.4. The van der Waals surface area contributed by atoms with Crippen LogP contribution in [0.5, 0.6) is 0 Å². The molecule has 1 heterocycles. The van der Waals surface area contributed by atoms with E-state index < -0.39 is 0 Å². The molecule has 0 spiro atoms. The van der Waals surface area contributed by atoms with Gasteiger partial charge in [0, 0.05) is 16.0 Å². The van der Waals surface area contributed by atoms with Crippen LogP contribution in [0.1, 0.15) is 43.7 Å². The van der Waals surface area contributed by atoms with Gasteiger partial charge in [-0.05, 0) is 54.8 Å². The first-order valence-corrected chi connectivity index (χ1v) is 8.35. The van der Waals surface area contributed by atoms with E-state index in [9.17, 15) is 0 Å². The number of halogens is 1. The highest BCUT2D eigenvalue weighted by Crippen LogP contribution is 2.37. The molecule has 0 radical (unpaired) electrons. The van der Waals surface area contributed by atoms with E-state index >= 15 is 0 Å². The minimum atomic E-state index is 0.514. The Labute approximate surface area is 119 Å². The summed E-state index contributed by atoms with van der Waals surface area (Å²) in [6.45, 7) is 1.16. The van der Waals surface area contributed by atoms with Gasteiger partial charge in [0.2, 0.25) is 0 Å². The Morgan fingerprint density at radius 2 is 2.17 bits per heavy atom. The fraction of sp³-hybridized carbons (Fsp3) is 0.600. The second-order valence-corrected chi connectivity index (χ2v) is 6.98. The lowest BCUT2D eigenvalue weighted by molar-refractivity contribution is 0.286. The first kappa shape index (κ1) is 12.8. The largest absolute Gasteiger partial charge is 0.310 e. The molecule has 1 aromatic carbocycles. The third-order valence-electron chi connectivity index (χ3n) is 4.18. The minimum Gasteiger partial charge on any atom is -0.310 e. The summed E-state index contributed by atoms with van der Waals surface area (Å²) in [4.78, 5) is 1.41. The maximum Gasteiger partial charge on any atom is 0.0410 e. The summed E-state index contributed by atoms with van der Waals surface area (Å²) in [7, 11) is 0. The van der Waals surface area contributed by atoms with Gasteiger partial charge in [-0.3, -0.25) is 0 Å². The summed E-state index contributed by atoms with van der Waals surface area (Å²) in [5, 5.41) is 4.60. The molecule has 1 aromatic rings. The molecule has 1 unspecified atom stereocenters. The molecule has 0 amide bonds. The average molecular weight is 282 g/mol. The number of hydrogen-bond donors (Lipinski definition) is 1. The van der Waals surface area contributed by atoms with E-state index in [2.05, 4.69) is 17.4 Å². The molecule has 2 aliphatic rings. The maximum absolute atomic E-state index is 6.12. The highest BCUT2D eigenvalue weighted by Gasteiger charge is 2.22. The zero-order valence-corrected chi connectivity index (χ0v) is 12.2. The molecular formula is C15H20ClNS. The van der Waals surface area contributed by atoms with Crippen LogP contribution >= 0.6 is 23.4 Å². The van der Waals surface area contributed by atoms with Crippen LogP contribution in [0, 0.1) is 5.92 Å². The highest BCUT2D eigenvalue weighted by molar-refractivity contribution is 7.99. The van der Waals surface area contributed by atoms with Crippen molar-refractivity contribution >= 4 is 23.4 Å². The molecule has 1 nitrogen and oxygen atoms in total. The van der Waals surface area contributed by atoms with Crippen molar-refractivity contribution in [2.24, 2.45) is 5.92 Å². The normalized spacial score (nSPS) is 23.5. The van der Waals surface area contributed by atoms with Gasteiger partial charge in [0.25, 0.3) is 0 Å². The van der Waals surface area contributed by atoms with Gasteiger partial charge in [0.15, 0.2) is 0 Å². The summed E-state index contributed by atoms with van der Waals surface area (Å²) in [5.74, 6) is 2.21. The van der Waals surface area contributed by atoms with E-state index in [1.807, 2.05) is 17.8 Å². The minimum absolute atomic E-state index is 0.514. The Bertz CT molecular complexity index is 417. The van der Waals surface area contributed by atoms with Gasteiger partial charge < -0.3 is 5.32 Å². The molecule has 1 aliphatic carbocycles. The first-order chi connectivity index (χ1) is 8.83. The summed E-state index contributed by atoms with van der Waals surface area (Å²) in [6, 6.07) is 6.83. The van der Waals surface area contributed by atoms with Crippen LogP contribution < -0.4 is 5.32 Å². The summed E-state index contributed by atoms with van der Waals surface area (Å²) >= 11 is 8.08. The number of rotatable bonds is 4. The molecule has 1 atom stereocenters. The predicted molar refractivity (Wildman–Crippen MR) is 79.5 cm³/mol. The topological polar surface area (TPSA) is 12.0 Å². The van der Waals surface area contributed by atoms with Crippen molar-refractivity contribution < 1.29 is 0 Å². The highest BCUT2D eigenvalue weighted by atomic mass is 35.5. The van der Waals surface area contributed by atoms with Gasteiger partial charge in [-0.15, -0.1) is 11.8 Å². The lowest BCUT2D eigenvalue weighted by Gasteiger charge is -2.29. The van der Waals surface area contributed by atoms with Gasteiger partial charge >= 0.3 is 0 Å². The molecule has 3 heteroatoms. The second kappa shape index (κ2) is 5.85. The number of thioether (sulfide) groups is 1. The quantitative estimate of drug-likeness (QED) is 0.862. The van der Waals surface area contributed by atoms with Gasteiger partial charge in [0.1, 0.15) is 0 Å². The van der Waals surface area contributed by atoms with Crippen molar-refractivity contribution in [2.45, 2.75) is 43.0 Å². The van der Waals surface area contributed by atoms with Crippen LogP contribution in [-0.2, 0) is 0 Å². The fourth-order valence-corrected chi connectivity index (χ4v) is 4.11. The third-order valence-corrected chi connectivity index (χ3v) is 5.54. The molecule has 98 valence electrons. The van der Waals surface area contributed by atoms with Crippen LogP contribution in [-0.4, -0.2) is 12.3 Å². The number of benzene rings is 1. The van der Waals surface area contributed by atoms with E-state index in [4.69, 9.17) is 11.6 Å². The van der Waals surface area contributed by atoms with Crippen LogP contribution in [0.2, 0.25) is 5.02 Å². The molecule has 0 bridgehead atoms. The standard InChI is InChI=1S/C15H20ClNS/c16-12-4-5-15-13(10-12)14(7-9-18-15)17-8-6-11-2-1-3-11/h4-5,10-11,14,17H,1-3,6-9H2. The molecular weight excluding hydrogens is 262 g/mol. The molecule has 0 aromatic heterocycles. The second-order valence-electron chi connectivity index (χ2n) is 5.41. The van der Waals surface area contributed by atoms with E-state index in [1.54, 1.807) is 0 Å². The summed E-state index contributed by atoms with van der Waals surface area (Å²) in [5.41, 5.74) is 1.41. The molecule has 3 rings (SSSR count). The van der Waals surface area contributed by atoms with Crippen molar-refractivity contribution in [2.75, 3.05) is 12.3 Å². The molecule has 18 heavy (non-hydrogen) atoms. The van der Waals surface area contributed by atoms with Crippen LogP contribution in [0.15, 0.2) is 23.1 Å². The SMILES string of the molecule is Clc1ccc2c(c1)C(NCCC1CCC1)CCS2. The zero-order valence-electron chi connectivity index (χ0n) is 10.6. The lowest BCUT2D eigenvalue weighted by atomic mass is 9.83. The smallest absolute Gasteiger partial charge is 0.0410 e. The third kappa shape index (κ3) is 2.87. The molecule has 0 saturated heterocycles. The number of nitrogens with one attached hydrogen (secondary N) is 1. The van der Waals surface area contributed by atoms with Gasteiger partial charge in [-0.2, -0.15) is 0 Å². The Morgan fingerprint density at radius 3 is 2.94 bits per heavy atom. The van der Waals surface area contributed by atoms with Gasteiger partial charge in [0.05, 0.1) is 0 Å². The number of fused-ring (bicyclic) bond motifs is 1. The van der Waals surface area contributed by atoms with Crippen LogP contribution in [0.4, 0.5) is 0 Å². The lowest BCUT2D eigenvalue weighted by Crippen LogP contribution is -2.27. The van der Waals surface area contributed by atoms with E-state index in [0.29, 0.717) is 6.04 Å². The Balaban J connectivity index is 1.61. The van der Waals surface area contributed by atoms with Crippen molar-refractivity contribution in [3.05, 3.63) is 28.8 Å². The predicted octanol–water partition coefficient (Wildman–Crippen LogP) is 4.66. The monoisotopic (exact) mass is 281 g/mol.